The Bertz CT molecular complexity index is 492. The second-order valence-corrected chi connectivity index (χ2v) is 5.72. The maximum absolute atomic E-state index is 11.0. The highest BCUT2D eigenvalue weighted by atomic mass is 35.5. The van der Waals surface area contributed by atoms with E-state index in [4.69, 9.17) is 16.7 Å². The number of halogens is 1. The number of allylic oxidation sites excluding steroid dienone is 2. The van der Waals surface area contributed by atoms with Crippen LogP contribution in [0.3, 0.4) is 0 Å². The van der Waals surface area contributed by atoms with Crippen LogP contribution in [0.4, 0.5) is 0 Å². The highest BCUT2D eigenvalue weighted by Gasteiger charge is 2.45. The zero-order valence-corrected chi connectivity index (χ0v) is 10.7. The molecule has 1 saturated carbocycles. The predicted octanol–water partition coefficient (Wildman–Crippen LogP) is 3.72. The topological polar surface area (TPSA) is 37.3 Å². The molecule has 18 heavy (non-hydrogen) atoms. The second kappa shape index (κ2) is 4.43. The molecule has 0 heterocycles. The molecule has 0 aromatic heterocycles. The zero-order valence-electron chi connectivity index (χ0n) is 9.92. The number of carboxylic acid groups (broad SMARTS) is 1. The van der Waals surface area contributed by atoms with Gasteiger partial charge in [0.2, 0.25) is 0 Å². The van der Waals surface area contributed by atoms with Crippen molar-refractivity contribution in [1.29, 1.82) is 0 Å². The predicted molar refractivity (Wildman–Crippen MR) is 70.7 cm³/mol. The summed E-state index contributed by atoms with van der Waals surface area (Å²) in [6.07, 6.45) is 5.82. The summed E-state index contributed by atoms with van der Waals surface area (Å²) in [5.74, 6) is 0.819. The fourth-order valence-electron chi connectivity index (χ4n) is 3.58. The van der Waals surface area contributed by atoms with Gasteiger partial charge in [-0.3, -0.25) is 4.79 Å². The van der Waals surface area contributed by atoms with Gasteiger partial charge in [0.25, 0.3) is 0 Å². The first-order chi connectivity index (χ1) is 8.65. The van der Waals surface area contributed by atoms with Gasteiger partial charge in [0.05, 0.1) is 0 Å². The van der Waals surface area contributed by atoms with E-state index < -0.39 is 5.97 Å². The van der Waals surface area contributed by atoms with Gasteiger partial charge in [-0.15, -0.1) is 0 Å². The summed E-state index contributed by atoms with van der Waals surface area (Å²) in [5.41, 5.74) is 1.22. The molecule has 0 amide bonds. The maximum Gasteiger partial charge on any atom is 0.303 e. The van der Waals surface area contributed by atoms with Crippen molar-refractivity contribution in [2.24, 2.45) is 17.8 Å². The van der Waals surface area contributed by atoms with E-state index in [-0.39, 0.29) is 12.3 Å². The van der Waals surface area contributed by atoms with Crippen LogP contribution < -0.4 is 0 Å². The lowest BCUT2D eigenvalue weighted by Gasteiger charge is -2.27. The summed E-state index contributed by atoms with van der Waals surface area (Å²) < 4.78 is 0. The van der Waals surface area contributed by atoms with Gasteiger partial charge in [0.1, 0.15) is 0 Å². The molecule has 4 unspecified atom stereocenters. The Morgan fingerprint density at radius 1 is 1.22 bits per heavy atom. The Hall–Kier alpha value is -1.28. The lowest BCUT2D eigenvalue weighted by Crippen LogP contribution is -2.20. The fourth-order valence-corrected chi connectivity index (χ4v) is 3.71. The third kappa shape index (κ3) is 1.95. The third-order valence-corrected chi connectivity index (χ3v) is 4.54. The molecule has 4 atom stereocenters. The lowest BCUT2D eigenvalue weighted by atomic mass is 9.77. The number of fused-ring (bicyclic) bond motifs is 2. The summed E-state index contributed by atoms with van der Waals surface area (Å²) in [4.78, 5) is 11.0. The summed E-state index contributed by atoms with van der Waals surface area (Å²) in [6.45, 7) is 0. The summed E-state index contributed by atoms with van der Waals surface area (Å²) in [7, 11) is 0. The third-order valence-electron chi connectivity index (χ3n) is 4.29. The first kappa shape index (κ1) is 11.8. The number of hydrogen-bond acceptors (Lipinski definition) is 1. The van der Waals surface area contributed by atoms with Crippen LogP contribution >= 0.6 is 11.6 Å². The van der Waals surface area contributed by atoms with Crippen LogP contribution in [-0.2, 0) is 4.79 Å². The van der Waals surface area contributed by atoms with E-state index in [1.54, 1.807) is 0 Å². The van der Waals surface area contributed by atoms with E-state index in [2.05, 4.69) is 12.2 Å². The molecule has 1 aromatic carbocycles. The van der Waals surface area contributed by atoms with Gasteiger partial charge in [0.15, 0.2) is 0 Å². The Labute approximate surface area is 111 Å². The van der Waals surface area contributed by atoms with Crippen LogP contribution in [0.5, 0.6) is 0 Å². The van der Waals surface area contributed by atoms with Crippen molar-refractivity contribution in [3.8, 4) is 0 Å². The molecule has 2 nitrogen and oxygen atoms in total. The lowest BCUT2D eigenvalue weighted by molar-refractivity contribution is -0.138. The van der Waals surface area contributed by atoms with E-state index in [0.717, 1.165) is 11.4 Å². The van der Waals surface area contributed by atoms with E-state index in [9.17, 15) is 4.79 Å². The van der Waals surface area contributed by atoms with Crippen molar-refractivity contribution in [2.45, 2.75) is 18.8 Å². The molecule has 1 fully saturated rings. The molecule has 2 bridgehead atoms. The van der Waals surface area contributed by atoms with Crippen molar-refractivity contribution in [2.75, 3.05) is 0 Å². The normalized spacial score (nSPS) is 32.9. The molecule has 0 spiro atoms. The maximum atomic E-state index is 11.0. The average Bonchev–Trinajstić information content (AvgIpc) is 2.90. The van der Waals surface area contributed by atoms with E-state index in [1.165, 1.54) is 5.56 Å². The zero-order chi connectivity index (χ0) is 12.7. The molecule has 3 heteroatoms. The first-order valence-electron chi connectivity index (χ1n) is 6.31. The number of rotatable bonds is 3. The Kier molecular flexibility index (Phi) is 2.90. The minimum atomic E-state index is -0.695. The minimum Gasteiger partial charge on any atom is -0.481 e. The summed E-state index contributed by atoms with van der Waals surface area (Å²) in [5, 5.41) is 9.79. The van der Waals surface area contributed by atoms with Crippen molar-refractivity contribution in [1.82, 2.24) is 0 Å². The molecule has 1 aromatic rings. The van der Waals surface area contributed by atoms with E-state index >= 15 is 0 Å². The van der Waals surface area contributed by atoms with Gasteiger partial charge < -0.3 is 5.11 Å². The number of hydrogen-bond donors (Lipinski definition) is 1. The molecular formula is C15H15ClO2. The number of aliphatic carboxylic acids is 1. The summed E-state index contributed by atoms with van der Waals surface area (Å²) in [6, 6.07) is 7.86. The number of carbonyl (C=O) groups is 1. The number of carboxylic acids is 1. The molecule has 0 aliphatic heterocycles. The van der Waals surface area contributed by atoms with Crippen LogP contribution in [0.2, 0.25) is 5.02 Å². The van der Waals surface area contributed by atoms with Gasteiger partial charge in [0, 0.05) is 11.4 Å². The Morgan fingerprint density at radius 2 is 1.89 bits per heavy atom. The van der Waals surface area contributed by atoms with Crippen molar-refractivity contribution in [3.05, 3.63) is 47.0 Å². The molecule has 2 aliphatic carbocycles. The Balaban J connectivity index is 1.91. The first-order valence-corrected chi connectivity index (χ1v) is 6.68. The molecule has 0 radical (unpaired) electrons. The van der Waals surface area contributed by atoms with Crippen molar-refractivity contribution < 1.29 is 9.90 Å². The molecule has 3 rings (SSSR count). The van der Waals surface area contributed by atoms with Gasteiger partial charge in [-0.05, 0) is 47.8 Å². The quantitative estimate of drug-likeness (QED) is 0.843. The van der Waals surface area contributed by atoms with Crippen LogP contribution in [-0.4, -0.2) is 11.1 Å². The largest absolute Gasteiger partial charge is 0.481 e. The van der Waals surface area contributed by atoms with Gasteiger partial charge in [-0.25, -0.2) is 0 Å². The molecular weight excluding hydrogens is 248 g/mol. The second-order valence-electron chi connectivity index (χ2n) is 5.29. The van der Waals surface area contributed by atoms with Gasteiger partial charge in [-0.2, -0.15) is 0 Å². The van der Waals surface area contributed by atoms with Crippen molar-refractivity contribution in [3.63, 3.8) is 0 Å². The molecule has 94 valence electrons. The fraction of sp³-hybridized carbons (Fsp3) is 0.400. The van der Waals surface area contributed by atoms with E-state index in [1.807, 2.05) is 24.3 Å². The number of benzene rings is 1. The van der Waals surface area contributed by atoms with Gasteiger partial charge >= 0.3 is 5.97 Å². The molecule has 2 aliphatic rings. The summed E-state index contributed by atoms with van der Waals surface area (Å²) >= 11 is 5.91. The van der Waals surface area contributed by atoms with Crippen LogP contribution in [0.15, 0.2) is 36.4 Å². The minimum absolute atomic E-state index is 0.235. The van der Waals surface area contributed by atoms with Gasteiger partial charge in [-0.1, -0.05) is 35.9 Å². The van der Waals surface area contributed by atoms with Crippen LogP contribution in [0.1, 0.15) is 24.3 Å². The average molecular weight is 263 g/mol. The highest BCUT2D eigenvalue weighted by molar-refractivity contribution is 6.30. The monoisotopic (exact) mass is 262 g/mol. The highest BCUT2D eigenvalue weighted by Crippen LogP contribution is 2.54. The standard InChI is InChI=1S/C15H15ClO2/c16-12-5-3-9(4-6-12)15-11-2-1-10(7-11)13(15)8-14(17)18/h1-6,10-11,13,15H,7-8H2,(H,17,18). The SMILES string of the molecule is O=C(O)CC1C2C=CC(C2)C1c1ccc(Cl)cc1. The van der Waals surface area contributed by atoms with E-state index in [0.29, 0.717) is 17.8 Å². The Morgan fingerprint density at radius 3 is 2.56 bits per heavy atom. The van der Waals surface area contributed by atoms with Crippen LogP contribution in [0.25, 0.3) is 0 Å². The van der Waals surface area contributed by atoms with Crippen LogP contribution in [0, 0.1) is 17.8 Å². The van der Waals surface area contributed by atoms with Crippen molar-refractivity contribution >= 4 is 17.6 Å². The molecule has 0 saturated heterocycles. The molecule has 1 N–H and O–H groups in total. The smallest absolute Gasteiger partial charge is 0.303 e.